The van der Waals surface area contributed by atoms with Crippen LogP contribution in [0.3, 0.4) is 0 Å². The van der Waals surface area contributed by atoms with E-state index in [1.807, 2.05) is 24.3 Å². The molecule has 0 saturated carbocycles. The molecule has 0 aliphatic heterocycles. The van der Waals surface area contributed by atoms with Gasteiger partial charge >= 0.3 is 0 Å². The minimum atomic E-state index is 0.154. The molecule has 0 bridgehead atoms. The Kier molecular flexibility index (Phi) is 6.31. The van der Waals surface area contributed by atoms with Crippen molar-refractivity contribution in [2.75, 3.05) is 20.8 Å². The van der Waals surface area contributed by atoms with Crippen LogP contribution in [0.2, 0.25) is 5.02 Å². The zero-order chi connectivity index (χ0) is 16.8. The first-order chi connectivity index (χ1) is 11.1. The molecule has 23 heavy (non-hydrogen) atoms. The van der Waals surface area contributed by atoms with Crippen LogP contribution in [0.1, 0.15) is 29.5 Å². The van der Waals surface area contributed by atoms with E-state index >= 15 is 0 Å². The standard InChI is InChI=1S/C19H24ClNO2/c1-4-14-9-13(5-7-18(14)22-2)10-15(12-21)17-11-16(20)6-8-19(17)23-3/h5-9,11,15H,4,10,12,21H2,1-3H3. The molecule has 0 aromatic heterocycles. The molecule has 0 heterocycles. The van der Waals surface area contributed by atoms with Crippen molar-refractivity contribution < 1.29 is 9.47 Å². The van der Waals surface area contributed by atoms with Crippen LogP contribution in [0.5, 0.6) is 11.5 Å². The molecule has 0 fully saturated rings. The van der Waals surface area contributed by atoms with E-state index in [0.717, 1.165) is 29.9 Å². The largest absolute Gasteiger partial charge is 0.496 e. The fourth-order valence-corrected chi connectivity index (χ4v) is 3.04. The van der Waals surface area contributed by atoms with Gasteiger partial charge in [-0.05, 0) is 54.8 Å². The monoisotopic (exact) mass is 333 g/mol. The summed E-state index contributed by atoms with van der Waals surface area (Å²) in [6.07, 6.45) is 1.77. The molecule has 1 unspecified atom stereocenters. The van der Waals surface area contributed by atoms with Gasteiger partial charge in [-0.3, -0.25) is 0 Å². The van der Waals surface area contributed by atoms with E-state index in [1.165, 1.54) is 11.1 Å². The van der Waals surface area contributed by atoms with E-state index in [4.69, 9.17) is 26.8 Å². The number of methoxy groups -OCH3 is 2. The molecule has 2 N–H and O–H groups in total. The minimum Gasteiger partial charge on any atom is -0.496 e. The van der Waals surface area contributed by atoms with Crippen LogP contribution in [0.4, 0.5) is 0 Å². The molecule has 4 heteroatoms. The van der Waals surface area contributed by atoms with Crippen LogP contribution in [-0.4, -0.2) is 20.8 Å². The first-order valence-corrected chi connectivity index (χ1v) is 8.20. The highest BCUT2D eigenvalue weighted by atomic mass is 35.5. The lowest BCUT2D eigenvalue weighted by atomic mass is 9.90. The zero-order valence-electron chi connectivity index (χ0n) is 13.9. The Morgan fingerprint density at radius 2 is 1.74 bits per heavy atom. The van der Waals surface area contributed by atoms with Crippen LogP contribution in [0.25, 0.3) is 0 Å². The summed E-state index contributed by atoms with van der Waals surface area (Å²) in [6, 6.07) is 12.0. The molecule has 2 aromatic carbocycles. The molecular formula is C19H24ClNO2. The average molecular weight is 334 g/mol. The second-order valence-electron chi connectivity index (χ2n) is 5.52. The molecule has 2 aromatic rings. The SMILES string of the molecule is CCc1cc(CC(CN)c2cc(Cl)ccc2OC)ccc1OC. The maximum Gasteiger partial charge on any atom is 0.122 e. The van der Waals surface area contributed by atoms with E-state index in [2.05, 4.69) is 19.1 Å². The predicted molar refractivity (Wildman–Crippen MR) is 95.9 cm³/mol. The van der Waals surface area contributed by atoms with Crippen molar-refractivity contribution in [3.05, 3.63) is 58.1 Å². The number of rotatable bonds is 7. The summed E-state index contributed by atoms with van der Waals surface area (Å²) in [5, 5.41) is 0.697. The molecule has 124 valence electrons. The Balaban J connectivity index is 2.31. The van der Waals surface area contributed by atoms with Crippen LogP contribution >= 0.6 is 11.6 Å². The average Bonchev–Trinajstić information content (AvgIpc) is 2.59. The Hall–Kier alpha value is -1.71. The van der Waals surface area contributed by atoms with Crippen molar-refractivity contribution >= 4 is 11.6 Å². The summed E-state index contributed by atoms with van der Waals surface area (Å²) in [7, 11) is 3.37. The Morgan fingerprint density at radius 3 is 2.35 bits per heavy atom. The van der Waals surface area contributed by atoms with Crippen molar-refractivity contribution in [3.8, 4) is 11.5 Å². The molecule has 0 aliphatic carbocycles. The zero-order valence-corrected chi connectivity index (χ0v) is 14.7. The molecule has 0 saturated heterocycles. The van der Waals surface area contributed by atoms with Gasteiger partial charge < -0.3 is 15.2 Å². The fraction of sp³-hybridized carbons (Fsp3) is 0.368. The molecule has 1 atom stereocenters. The summed E-state index contributed by atoms with van der Waals surface area (Å²) in [5.74, 6) is 1.91. The molecule has 2 rings (SSSR count). The second kappa shape index (κ2) is 8.23. The van der Waals surface area contributed by atoms with Gasteiger partial charge in [0, 0.05) is 16.5 Å². The third kappa shape index (κ3) is 4.18. The van der Waals surface area contributed by atoms with Gasteiger partial charge in [0.2, 0.25) is 0 Å². The van der Waals surface area contributed by atoms with Crippen molar-refractivity contribution in [1.29, 1.82) is 0 Å². The molecule has 0 amide bonds. The van der Waals surface area contributed by atoms with E-state index in [-0.39, 0.29) is 5.92 Å². The number of aryl methyl sites for hydroxylation is 1. The summed E-state index contributed by atoms with van der Waals surface area (Å²) < 4.78 is 10.9. The second-order valence-corrected chi connectivity index (χ2v) is 5.96. The van der Waals surface area contributed by atoms with Crippen molar-refractivity contribution in [3.63, 3.8) is 0 Å². The third-order valence-corrected chi connectivity index (χ3v) is 4.36. The first-order valence-electron chi connectivity index (χ1n) is 7.82. The minimum absolute atomic E-state index is 0.154. The Labute approximate surface area is 143 Å². The van der Waals surface area contributed by atoms with Gasteiger partial charge in [0.25, 0.3) is 0 Å². The number of hydrogen-bond donors (Lipinski definition) is 1. The van der Waals surface area contributed by atoms with Crippen LogP contribution in [0.15, 0.2) is 36.4 Å². The van der Waals surface area contributed by atoms with Gasteiger partial charge in [0.15, 0.2) is 0 Å². The van der Waals surface area contributed by atoms with Gasteiger partial charge in [0.05, 0.1) is 14.2 Å². The number of halogens is 1. The topological polar surface area (TPSA) is 44.5 Å². The van der Waals surface area contributed by atoms with Crippen LogP contribution < -0.4 is 15.2 Å². The normalized spacial score (nSPS) is 12.0. The maximum atomic E-state index is 6.15. The van der Waals surface area contributed by atoms with Gasteiger partial charge in [-0.25, -0.2) is 0 Å². The Bertz CT molecular complexity index is 658. The van der Waals surface area contributed by atoms with Crippen LogP contribution in [-0.2, 0) is 12.8 Å². The van der Waals surface area contributed by atoms with Crippen molar-refractivity contribution in [2.45, 2.75) is 25.7 Å². The van der Waals surface area contributed by atoms with E-state index in [0.29, 0.717) is 11.6 Å². The predicted octanol–water partition coefficient (Wildman–Crippen LogP) is 4.20. The summed E-state index contributed by atoms with van der Waals surface area (Å²) >= 11 is 6.15. The number of nitrogens with two attached hydrogens (primary N) is 1. The molecular weight excluding hydrogens is 310 g/mol. The number of ether oxygens (including phenoxy) is 2. The maximum absolute atomic E-state index is 6.15. The number of hydrogen-bond acceptors (Lipinski definition) is 3. The summed E-state index contributed by atoms with van der Waals surface area (Å²) in [4.78, 5) is 0. The highest BCUT2D eigenvalue weighted by molar-refractivity contribution is 6.30. The summed E-state index contributed by atoms with van der Waals surface area (Å²) in [6.45, 7) is 2.66. The van der Waals surface area contributed by atoms with Gasteiger partial charge in [-0.1, -0.05) is 30.7 Å². The quantitative estimate of drug-likeness (QED) is 0.825. The lowest BCUT2D eigenvalue weighted by Gasteiger charge is -2.19. The van der Waals surface area contributed by atoms with Gasteiger partial charge in [-0.2, -0.15) is 0 Å². The molecule has 0 aliphatic rings. The summed E-state index contributed by atoms with van der Waals surface area (Å²) in [5.41, 5.74) is 9.53. The molecule has 3 nitrogen and oxygen atoms in total. The van der Waals surface area contributed by atoms with Crippen molar-refractivity contribution in [2.24, 2.45) is 5.73 Å². The van der Waals surface area contributed by atoms with Gasteiger partial charge in [-0.15, -0.1) is 0 Å². The van der Waals surface area contributed by atoms with E-state index in [9.17, 15) is 0 Å². The highest BCUT2D eigenvalue weighted by Crippen LogP contribution is 2.32. The third-order valence-electron chi connectivity index (χ3n) is 4.12. The lowest BCUT2D eigenvalue weighted by Crippen LogP contribution is -2.16. The molecule has 0 radical (unpaired) electrons. The molecule has 0 spiro atoms. The van der Waals surface area contributed by atoms with Crippen LogP contribution in [0, 0.1) is 0 Å². The Morgan fingerprint density at radius 1 is 1.04 bits per heavy atom. The van der Waals surface area contributed by atoms with E-state index < -0.39 is 0 Å². The fourth-order valence-electron chi connectivity index (χ4n) is 2.86. The number of benzene rings is 2. The van der Waals surface area contributed by atoms with E-state index in [1.54, 1.807) is 14.2 Å². The van der Waals surface area contributed by atoms with Gasteiger partial charge in [0.1, 0.15) is 11.5 Å². The smallest absolute Gasteiger partial charge is 0.122 e. The highest BCUT2D eigenvalue weighted by Gasteiger charge is 2.17. The van der Waals surface area contributed by atoms with Crippen molar-refractivity contribution in [1.82, 2.24) is 0 Å². The first kappa shape index (κ1) is 17.6. The lowest BCUT2D eigenvalue weighted by molar-refractivity contribution is 0.405.